The lowest BCUT2D eigenvalue weighted by molar-refractivity contribution is 0.389. The maximum Gasteiger partial charge on any atom is 0.318 e. The fourth-order valence-corrected chi connectivity index (χ4v) is 2.20. The van der Waals surface area contributed by atoms with E-state index in [1.54, 1.807) is 13.2 Å². The molecule has 2 aromatic heterocycles. The molecule has 2 rings (SSSR count). The van der Waals surface area contributed by atoms with E-state index in [0.717, 1.165) is 0 Å². The molecule has 0 aliphatic rings. The molecule has 0 unspecified atom stereocenters. The molecule has 0 fully saturated rings. The second-order valence-electron chi connectivity index (χ2n) is 7.33. The minimum Gasteiger partial charge on any atom is -0.303 e. The molecule has 6 heteroatoms. The Morgan fingerprint density at radius 1 is 1.00 bits per heavy atom. The molecule has 0 atom stereocenters. The lowest BCUT2D eigenvalue weighted by Gasteiger charge is -2.25. The van der Waals surface area contributed by atoms with Gasteiger partial charge in [0, 0.05) is 18.0 Å². The van der Waals surface area contributed by atoms with Gasteiger partial charge >= 0.3 is 11.1 Å². The molecule has 6 nitrogen and oxygen atoms in total. The molecule has 0 amide bonds. The van der Waals surface area contributed by atoms with E-state index >= 15 is 0 Å². The Bertz CT molecular complexity index is 817. The number of aryl methyl sites for hydroxylation is 1. The highest BCUT2D eigenvalue weighted by atomic mass is 16.2. The van der Waals surface area contributed by atoms with Gasteiger partial charge in [-0.15, -0.1) is 0 Å². The van der Waals surface area contributed by atoms with Crippen LogP contribution in [-0.2, 0) is 18.0 Å². The molecule has 0 radical (unpaired) electrons. The number of hydrogen-bond donors (Lipinski definition) is 0. The predicted molar refractivity (Wildman–Crippen MR) is 82.7 cm³/mol. The van der Waals surface area contributed by atoms with Crippen molar-refractivity contribution in [3.8, 4) is 0 Å². The maximum atomic E-state index is 12.4. The van der Waals surface area contributed by atoms with Crippen molar-refractivity contribution in [2.24, 2.45) is 7.05 Å². The standard InChI is InChI=1S/C15H22N4O2/c1-14(2,3)13-16-8-9-10(17-13)19(15(4,5)6)12(21)11(20)18(9)7/h8H,1-7H3. The molecule has 0 aliphatic carbocycles. The zero-order chi connectivity index (χ0) is 16.2. The molecule has 0 bridgehead atoms. The molecule has 0 N–H and O–H groups in total. The first-order valence-corrected chi connectivity index (χ1v) is 6.94. The Kier molecular flexibility index (Phi) is 3.31. The maximum absolute atomic E-state index is 12.4. The Morgan fingerprint density at radius 2 is 1.57 bits per heavy atom. The van der Waals surface area contributed by atoms with E-state index in [4.69, 9.17) is 0 Å². The third-order valence-corrected chi connectivity index (χ3v) is 3.36. The van der Waals surface area contributed by atoms with Crippen LogP contribution in [-0.4, -0.2) is 19.1 Å². The lowest BCUT2D eigenvalue weighted by atomic mass is 9.96. The highest BCUT2D eigenvalue weighted by molar-refractivity contribution is 5.70. The van der Waals surface area contributed by atoms with Crippen molar-refractivity contribution in [2.75, 3.05) is 0 Å². The van der Waals surface area contributed by atoms with Gasteiger partial charge in [-0.2, -0.15) is 0 Å². The fourth-order valence-electron chi connectivity index (χ4n) is 2.20. The molecule has 2 heterocycles. The Labute approximate surface area is 123 Å². The topological polar surface area (TPSA) is 69.8 Å². The highest BCUT2D eigenvalue weighted by Crippen LogP contribution is 2.22. The van der Waals surface area contributed by atoms with E-state index in [0.29, 0.717) is 17.0 Å². The zero-order valence-electron chi connectivity index (χ0n) is 13.7. The van der Waals surface area contributed by atoms with Gasteiger partial charge in [-0.3, -0.25) is 14.2 Å². The molecule has 114 valence electrons. The minimum absolute atomic E-state index is 0.234. The third-order valence-electron chi connectivity index (χ3n) is 3.36. The van der Waals surface area contributed by atoms with Crippen molar-refractivity contribution in [1.82, 2.24) is 19.1 Å². The average Bonchev–Trinajstić information content (AvgIpc) is 2.33. The summed E-state index contributed by atoms with van der Waals surface area (Å²) in [7, 11) is 1.57. The van der Waals surface area contributed by atoms with Crippen LogP contribution in [0.3, 0.4) is 0 Å². The van der Waals surface area contributed by atoms with Crippen molar-refractivity contribution in [1.29, 1.82) is 0 Å². The van der Waals surface area contributed by atoms with Crippen molar-refractivity contribution in [3.63, 3.8) is 0 Å². The van der Waals surface area contributed by atoms with Crippen LogP contribution in [0, 0.1) is 0 Å². The average molecular weight is 290 g/mol. The SMILES string of the molecule is Cn1c(=O)c(=O)n(C(C)(C)C)c2nc(C(C)(C)C)ncc21. The van der Waals surface area contributed by atoms with E-state index in [2.05, 4.69) is 9.97 Å². The van der Waals surface area contributed by atoms with Crippen LogP contribution in [0.25, 0.3) is 11.2 Å². The molecule has 0 spiro atoms. The Balaban J connectivity index is 3.06. The molecule has 0 aromatic carbocycles. The summed E-state index contributed by atoms with van der Waals surface area (Å²) in [6, 6.07) is 0. The normalized spacial score (nSPS) is 12.9. The van der Waals surface area contributed by atoms with Gasteiger partial charge in [-0.1, -0.05) is 20.8 Å². The molecule has 21 heavy (non-hydrogen) atoms. The molecular weight excluding hydrogens is 268 g/mol. The van der Waals surface area contributed by atoms with Crippen LogP contribution in [0.5, 0.6) is 0 Å². The number of rotatable bonds is 0. The number of fused-ring (bicyclic) bond motifs is 1. The number of hydrogen-bond acceptors (Lipinski definition) is 4. The summed E-state index contributed by atoms with van der Waals surface area (Å²) in [5, 5.41) is 0. The first kappa shape index (κ1) is 15.4. The molecule has 0 saturated carbocycles. The van der Waals surface area contributed by atoms with Gasteiger partial charge in [0.15, 0.2) is 5.65 Å². The second-order valence-corrected chi connectivity index (χ2v) is 7.33. The van der Waals surface area contributed by atoms with Gasteiger partial charge in [-0.25, -0.2) is 9.97 Å². The first-order chi connectivity index (χ1) is 9.44. The highest BCUT2D eigenvalue weighted by Gasteiger charge is 2.25. The van der Waals surface area contributed by atoms with Crippen LogP contribution >= 0.6 is 0 Å². The fraction of sp³-hybridized carbons (Fsp3) is 0.600. The van der Waals surface area contributed by atoms with Crippen LogP contribution < -0.4 is 11.1 Å². The van der Waals surface area contributed by atoms with Crippen molar-refractivity contribution in [3.05, 3.63) is 32.7 Å². The predicted octanol–water partition coefficient (Wildman–Crippen LogP) is 1.54. The van der Waals surface area contributed by atoms with Crippen molar-refractivity contribution >= 4 is 11.2 Å². The zero-order valence-corrected chi connectivity index (χ0v) is 13.7. The summed E-state index contributed by atoms with van der Waals surface area (Å²) in [5.41, 5.74) is -0.842. The van der Waals surface area contributed by atoms with Gasteiger partial charge in [0.05, 0.1) is 6.20 Å². The smallest absolute Gasteiger partial charge is 0.303 e. The summed E-state index contributed by atoms with van der Waals surface area (Å²) in [6.07, 6.45) is 1.62. The summed E-state index contributed by atoms with van der Waals surface area (Å²) < 4.78 is 2.77. The summed E-state index contributed by atoms with van der Waals surface area (Å²) >= 11 is 0. The minimum atomic E-state index is -0.565. The van der Waals surface area contributed by atoms with Crippen LogP contribution in [0.2, 0.25) is 0 Å². The van der Waals surface area contributed by atoms with Crippen molar-refractivity contribution in [2.45, 2.75) is 52.5 Å². The Morgan fingerprint density at radius 3 is 2.05 bits per heavy atom. The third kappa shape index (κ3) is 2.50. The molecule has 0 saturated heterocycles. The lowest BCUT2D eigenvalue weighted by Crippen LogP contribution is -2.46. The van der Waals surface area contributed by atoms with Gasteiger partial charge in [-0.05, 0) is 20.8 Å². The van der Waals surface area contributed by atoms with Crippen molar-refractivity contribution < 1.29 is 0 Å². The summed E-state index contributed by atoms with van der Waals surface area (Å²) in [5.74, 6) is 0.644. The first-order valence-electron chi connectivity index (χ1n) is 6.94. The monoisotopic (exact) mass is 290 g/mol. The largest absolute Gasteiger partial charge is 0.318 e. The van der Waals surface area contributed by atoms with Gasteiger partial charge < -0.3 is 4.57 Å². The molecule has 0 aliphatic heterocycles. The molecular formula is C15H22N4O2. The Hall–Kier alpha value is -1.98. The van der Waals surface area contributed by atoms with E-state index in [1.807, 2.05) is 41.5 Å². The van der Waals surface area contributed by atoms with Crippen LogP contribution in [0.1, 0.15) is 47.4 Å². The van der Waals surface area contributed by atoms with Crippen LogP contribution in [0.4, 0.5) is 0 Å². The van der Waals surface area contributed by atoms with E-state index in [9.17, 15) is 9.59 Å². The number of aromatic nitrogens is 4. The second kappa shape index (κ2) is 4.51. The van der Waals surface area contributed by atoms with E-state index in [-0.39, 0.29) is 5.41 Å². The van der Waals surface area contributed by atoms with E-state index < -0.39 is 16.7 Å². The van der Waals surface area contributed by atoms with E-state index in [1.165, 1.54) is 9.13 Å². The summed E-state index contributed by atoms with van der Waals surface area (Å²) in [6.45, 7) is 11.7. The number of nitrogens with zero attached hydrogens (tertiary/aromatic N) is 4. The van der Waals surface area contributed by atoms with Gasteiger partial charge in [0.2, 0.25) is 0 Å². The van der Waals surface area contributed by atoms with Crippen LogP contribution in [0.15, 0.2) is 15.8 Å². The van der Waals surface area contributed by atoms with Gasteiger partial charge in [0.1, 0.15) is 11.3 Å². The quantitative estimate of drug-likeness (QED) is 0.690. The molecule has 2 aromatic rings. The van der Waals surface area contributed by atoms with Gasteiger partial charge in [0.25, 0.3) is 0 Å². The summed E-state index contributed by atoms with van der Waals surface area (Å²) in [4.78, 5) is 33.4.